The van der Waals surface area contributed by atoms with E-state index in [1.165, 1.54) is 5.56 Å². The van der Waals surface area contributed by atoms with Gasteiger partial charge in [0.25, 0.3) is 0 Å². The molecule has 0 aliphatic rings. The monoisotopic (exact) mass is 485 g/mol. The topological polar surface area (TPSA) is 66.2 Å². The molecule has 0 amide bonds. The molecule has 1 heterocycles. The summed E-state index contributed by atoms with van der Waals surface area (Å²) in [6.45, 7) is 15.0. The van der Waals surface area contributed by atoms with Gasteiger partial charge in [0.1, 0.15) is 22.5 Å². The maximum absolute atomic E-state index is 13.1. The summed E-state index contributed by atoms with van der Waals surface area (Å²) in [7, 11) is 0. The molecule has 1 unspecified atom stereocenters. The number of ether oxygens (including phenoxy) is 2. The van der Waals surface area contributed by atoms with Crippen molar-refractivity contribution in [3.63, 3.8) is 0 Å². The molecule has 6 heteroatoms. The highest BCUT2D eigenvalue weighted by atomic mass is 16.6. The van der Waals surface area contributed by atoms with Crippen molar-refractivity contribution in [2.24, 2.45) is 0 Å². The van der Waals surface area contributed by atoms with E-state index < -0.39 is 12.1 Å². The minimum Gasteiger partial charge on any atom is -0.472 e. The van der Waals surface area contributed by atoms with E-state index in [2.05, 4.69) is 51.7 Å². The maximum atomic E-state index is 13.1. The number of esters is 1. The molecule has 6 nitrogen and oxygen atoms in total. The third kappa shape index (κ3) is 5.43. The summed E-state index contributed by atoms with van der Waals surface area (Å²) in [6.07, 6.45) is -0.928. The van der Waals surface area contributed by atoms with Gasteiger partial charge in [0, 0.05) is 5.56 Å². The predicted octanol–water partition coefficient (Wildman–Crippen LogP) is 6.70. The number of carbonyl (C=O) groups is 1. The van der Waals surface area contributed by atoms with Crippen molar-refractivity contribution in [2.75, 3.05) is 6.61 Å². The smallest absolute Gasteiger partial charge is 0.352 e. The lowest BCUT2D eigenvalue weighted by Gasteiger charge is -2.24. The van der Waals surface area contributed by atoms with Gasteiger partial charge < -0.3 is 9.47 Å². The SMILES string of the molecule is CCOC(=O)C(Oc1ccc(C(C)(C)C)cc1-n1nc2ccccc2n1)c1ccc(C(C)(C)C)cc1. The second-order valence-electron chi connectivity index (χ2n) is 11.0. The summed E-state index contributed by atoms with van der Waals surface area (Å²) in [4.78, 5) is 14.6. The lowest BCUT2D eigenvalue weighted by Crippen LogP contribution is -2.23. The van der Waals surface area contributed by atoms with E-state index in [0.717, 1.165) is 22.2 Å². The Bertz CT molecular complexity index is 1330. The van der Waals surface area contributed by atoms with Crippen LogP contribution in [-0.4, -0.2) is 27.6 Å². The van der Waals surface area contributed by atoms with Crippen molar-refractivity contribution in [3.8, 4) is 11.4 Å². The van der Waals surface area contributed by atoms with Crippen molar-refractivity contribution >= 4 is 17.0 Å². The Balaban J connectivity index is 1.80. The van der Waals surface area contributed by atoms with Gasteiger partial charge in [-0.25, -0.2) is 4.79 Å². The molecular formula is C30H35N3O3. The molecule has 36 heavy (non-hydrogen) atoms. The first-order chi connectivity index (χ1) is 17.0. The molecule has 0 radical (unpaired) electrons. The van der Waals surface area contributed by atoms with Gasteiger partial charge in [-0.1, -0.05) is 84.0 Å². The standard InChI is InChI=1S/C30H35N3O3/c1-8-35-28(34)27(20-13-15-21(16-14-20)29(2,3)4)36-26-18-17-22(30(5,6)7)19-25(26)33-31-23-11-9-10-12-24(23)32-33/h9-19,27H,8H2,1-7H3. The molecule has 4 aromatic rings. The van der Waals surface area contributed by atoms with Crippen LogP contribution in [0.1, 0.15) is 71.3 Å². The minimum absolute atomic E-state index is 0.00251. The average molecular weight is 486 g/mol. The molecule has 0 fully saturated rings. The quantitative estimate of drug-likeness (QED) is 0.284. The predicted molar refractivity (Wildman–Crippen MR) is 143 cm³/mol. The number of fused-ring (bicyclic) bond motifs is 1. The molecule has 3 aromatic carbocycles. The summed E-state index contributed by atoms with van der Waals surface area (Å²) >= 11 is 0. The minimum atomic E-state index is -0.928. The third-order valence-electron chi connectivity index (χ3n) is 6.15. The summed E-state index contributed by atoms with van der Waals surface area (Å²) in [5.41, 5.74) is 5.15. The van der Waals surface area contributed by atoms with E-state index in [9.17, 15) is 4.79 Å². The molecule has 4 rings (SSSR count). The van der Waals surface area contributed by atoms with E-state index in [1.807, 2.05) is 66.7 Å². The molecule has 0 saturated heterocycles. The van der Waals surface area contributed by atoms with Crippen LogP contribution in [0, 0.1) is 0 Å². The molecule has 0 N–H and O–H groups in total. The Morgan fingerprint density at radius 3 is 1.92 bits per heavy atom. The van der Waals surface area contributed by atoms with Crippen LogP contribution in [0.25, 0.3) is 16.7 Å². The van der Waals surface area contributed by atoms with Crippen molar-refractivity contribution in [1.82, 2.24) is 15.0 Å². The van der Waals surface area contributed by atoms with Crippen LogP contribution in [0.2, 0.25) is 0 Å². The number of rotatable bonds is 6. The van der Waals surface area contributed by atoms with Gasteiger partial charge in [-0.15, -0.1) is 15.0 Å². The van der Waals surface area contributed by atoms with Crippen LogP contribution in [0.4, 0.5) is 0 Å². The number of aromatic nitrogens is 3. The zero-order chi connectivity index (χ0) is 26.1. The first-order valence-electron chi connectivity index (χ1n) is 12.4. The highest BCUT2D eigenvalue weighted by molar-refractivity contribution is 5.77. The van der Waals surface area contributed by atoms with E-state index in [-0.39, 0.29) is 17.4 Å². The summed E-state index contributed by atoms with van der Waals surface area (Å²) < 4.78 is 11.8. The Morgan fingerprint density at radius 1 is 0.833 bits per heavy atom. The Morgan fingerprint density at radius 2 is 1.39 bits per heavy atom. The van der Waals surface area contributed by atoms with E-state index in [4.69, 9.17) is 9.47 Å². The van der Waals surface area contributed by atoms with Gasteiger partial charge in [0.2, 0.25) is 6.10 Å². The Kier molecular flexibility index (Phi) is 6.90. The number of benzene rings is 3. The molecular weight excluding hydrogens is 450 g/mol. The van der Waals surface area contributed by atoms with Crippen LogP contribution >= 0.6 is 0 Å². The second kappa shape index (κ2) is 9.76. The molecule has 188 valence electrons. The van der Waals surface area contributed by atoms with Gasteiger partial charge in [-0.05, 0) is 53.1 Å². The largest absolute Gasteiger partial charge is 0.472 e. The molecule has 0 aliphatic heterocycles. The van der Waals surface area contributed by atoms with Crippen molar-refractivity contribution in [2.45, 2.75) is 65.4 Å². The van der Waals surface area contributed by atoms with Crippen molar-refractivity contribution in [3.05, 3.63) is 83.4 Å². The Labute approximate surface area is 213 Å². The average Bonchev–Trinajstić information content (AvgIpc) is 3.26. The highest BCUT2D eigenvalue weighted by Crippen LogP contribution is 2.34. The Hall–Kier alpha value is -3.67. The molecule has 1 atom stereocenters. The fraction of sp³-hybridized carbons (Fsp3) is 0.367. The molecule has 0 spiro atoms. The van der Waals surface area contributed by atoms with E-state index in [0.29, 0.717) is 11.4 Å². The van der Waals surface area contributed by atoms with Crippen LogP contribution in [0.15, 0.2) is 66.7 Å². The fourth-order valence-corrected chi connectivity index (χ4v) is 3.96. The summed E-state index contributed by atoms with van der Waals surface area (Å²) in [5.74, 6) is 0.0618. The van der Waals surface area contributed by atoms with Gasteiger partial charge in [-0.2, -0.15) is 0 Å². The number of hydrogen-bond donors (Lipinski definition) is 0. The van der Waals surface area contributed by atoms with Crippen molar-refractivity contribution < 1.29 is 14.3 Å². The van der Waals surface area contributed by atoms with Gasteiger partial charge >= 0.3 is 5.97 Å². The second-order valence-corrected chi connectivity index (χ2v) is 11.0. The zero-order valence-electron chi connectivity index (χ0n) is 22.2. The first kappa shape index (κ1) is 25.4. The maximum Gasteiger partial charge on any atom is 0.352 e. The highest BCUT2D eigenvalue weighted by Gasteiger charge is 2.27. The van der Waals surface area contributed by atoms with Gasteiger partial charge in [0.15, 0.2) is 0 Å². The van der Waals surface area contributed by atoms with Crippen LogP contribution in [0.5, 0.6) is 5.75 Å². The first-order valence-corrected chi connectivity index (χ1v) is 12.4. The zero-order valence-corrected chi connectivity index (χ0v) is 22.2. The van der Waals surface area contributed by atoms with Crippen molar-refractivity contribution in [1.29, 1.82) is 0 Å². The summed E-state index contributed by atoms with van der Waals surface area (Å²) in [5, 5.41) is 9.35. The molecule has 1 aromatic heterocycles. The van der Waals surface area contributed by atoms with E-state index in [1.54, 1.807) is 11.7 Å². The number of carbonyl (C=O) groups excluding carboxylic acids is 1. The lowest BCUT2D eigenvalue weighted by molar-refractivity contribution is -0.151. The van der Waals surface area contributed by atoms with Crippen LogP contribution < -0.4 is 4.74 Å². The van der Waals surface area contributed by atoms with Gasteiger partial charge in [0.05, 0.1) is 6.61 Å². The van der Waals surface area contributed by atoms with E-state index >= 15 is 0 Å². The fourth-order valence-electron chi connectivity index (χ4n) is 3.96. The number of nitrogens with zero attached hydrogens (tertiary/aromatic N) is 3. The summed E-state index contributed by atoms with van der Waals surface area (Å²) in [6, 6.07) is 21.6. The number of hydrogen-bond acceptors (Lipinski definition) is 5. The normalized spacial score (nSPS) is 13.0. The molecule has 0 bridgehead atoms. The molecule has 0 aliphatic carbocycles. The van der Waals surface area contributed by atoms with Gasteiger partial charge in [-0.3, -0.25) is 0 Å². The molecule has 0 saturated carbocycles. The van der Waals surface area contributed by atoms with Crippen LogP contribution in [-0.2, 0) is 20.4 Å². The van der Waals surface area contributed by atoms with Crippen LogP contribution in [0.3, 0.4) is 0 Å². The third-order valence-corrected chi connectivity index (χ3v) is 6.15. The lowest BCUT2D eigenvalue weighted by atomic mass is 9.86.